The summed E-state index contributed by atoms with van der Waals surface area (Å²) in [4.78, 5) is 27.6. The molecule has 4 rings (SSSR count). The molecule has 3 aromatic rings. The van der Waals surface area contributed by atoms with Crippen molar-refractivity contribution in [2.24, 2.45) is 13.0 Å². The Hall–Kier alpha value is -3.04. The monoisotopic (exact) mass is 502 g/mol. The highest BCUT2D eigenvalue weighted by Crippen LogP contribution is 2.27. The van der Waals surface area contributed by atoms with Gasteiger partial charge in [-0.3, -0.25) is 19.0 Å². The van der Waals surface area contributed by atoms with Crippen LogP contribution >= 0.6 is 11.6 Å². The van der Waals surface area contributed by atoms with Crippen molar-refractivity contribution in [1.29, 1.82) is 0 Å². The zero-order chi connectivity index (χ0) is 24.6. The van der Waals surface area contributed by atoms with Crippen LogP contribution in [-0.4, -0.2) is 41.7 Å². The summed E-state index contributed by atoms with van der Waals surface area (Å²) < 4.78 is 32.0. The Bertz CT molecular complexity index is 1400. The van der Waals surface area contributed by atoms with E-state index in [1.54, 1.807) is 47.8 Å². The number of anilines is 1. The Morgan fingerprint density at radius 3 is 2.53 bits per heavy atom. The summed E-state index contributed by atoms with van der Waals surface area (Å²) >= 11 is 6.24. The van der Waals surface area contributed by atoms with Crippen LogP contribution < -0.4 is 10.3 Å². The van der Waals surface area contributed by atoms with Crippen LogP contribution in [0.25, 0.3) is 5.69 Å². The average Bonchev–Trinajstić information content (AvgIpc) is 3.02. The van der Waals surface area contributed by atoms with Gasteiger partial charge in [0, 0.05) is 25.7 Å². The van der Waals surface area contributed by atoms with Gasteiger partial charge in [0.15, 0.2) is 0 Å². The second-order valence-electron chi connectivity index (χ2n) is 8.69. The summed E-state index contributed by atoms with van der Waals surface area (Å²) in [6, 6.07) is 13.1. The minimum absolute atomic E-state index is 0.0342. The molecular formula is C24H27ClN4O4S. The van der Waals surface area contributed by atoms with E-state index in [-0.39, 0.29) is 27.1 Å². The van der Waals surface area contributed by atoms with Gasteiger partial charge in [0.2, 0.25) is 0 Å². The van der Waals surface area contributed by atoms with Crippen LogP contribution in [0.1, 0.15) is 35.8 Å². The lowest BCUT2D eigenvalue weighted by Crippen LogP contribution is -2.39. The predicted molar refractivity (Wildman–Crippen MR) is 132 cm³/mol. The number of halogens is 1. The molecular weight excluding hydrogens is 476 g/mol. The number of hydrogen-bond acceptors (Lipinski definition) is 4. The molecule has 1 aromatic heterocycles. The third-order valence-electron chi connectivity index (χ3n) is 6.20. The fourth-order valence-electron chi connectivity index (χ4n) is 4.27. The normalized spacial score (nSPS) is 16.5. The quantitative estimate of drug-likeness (QED) is 0.574. The summed E-state index contributed by atoms with van der Waals surface area (Å²) in [5.74, 6) is 0.157. The first-order valence-corrected chi connectivity index (χ1v) is 12.9. The lowest BCUT2D eigenvalue weighted by molar-refractivity contribution is 0.0683. The van der Waals surface area contributed by atoms with Crippen LogP contribution in [0, 0.1) is 12.8 Å². The highest BCUT2D eigenvalue weighted by Gasteiger charge is 2.27. The number of carbonyl (C=O) groups excluding carboxylic acids is 1. The summed E-state index contributed by atoms with van der Waals surface area (Å²) in [6.07, 6.45) is 1.97. The minimum Gasteiger partial charge on any atom is -0.338 e. The third-order valence-corrected chi connectivity index (χ3v) is 8.03. The molecule has 34 heavy (non-hydrogen) atoms. The van der Waals surface area contributed by atoms with E-state index in [4.69, 9.17) is 11.6 Å². The molecule has 1 atom stereocenters. The highest BCUT2D eigenvalue weighted by atomic mass is 35.5. The molecule has 10 heteroatoms. The minimum atomic E-state index is -4.25. The number of benzene rings is 2. The molecule has 1 fully saturated rings. The van der Waals surface area contributed by atoms with Gasteiger partial charge in [-0.2, -0.15) is 0 Å². The van der Waals surface area contributed by atoms with E-state index >= 15 is 0 Å². The van der Waals surface area contributed by atoms with Gasteiger partial charge < -0.3 is 4.90 Å². The number of carbonyl (C=O) groups is 1. The van der Waals surface area contributed by atoms with Crippen LogP contribution in [0.15, 0.2) is 58.2 Å². The smallest absolute Gasteiger partial charge is 0.296 e. The fourth-order valence-corrected chi connectivity index (χ4v) is 5.92. The van der Waals surface area contributed by atoms with Crippen LogP contribution in [-0.2, 0) is 17.1 Å². The van der Waals surface area contributed by atoms with Crippen LogP contribution in [0.2, 0.25) is 5.02 Å². The number of nitrogens with one attached hydrogen (secondary N) is 1. The van der Waals surface area contributed by atoms with E-state index in [1.165, 1.54) is 22.9 Å². The van der Waals surface area contributed by atoms with Gasteiger partial charge in [-0.25, -0.2) is 13.1 Å². The van der Waals surface area contributed by atoms with Gasteiger partial charge in [0.1, 0.15) is 10.6 Å². The van der Waals surface area contributed by atoms with Crippen LogP contribution in [0.4, 0.5) is 5.69 Å². The topological polar surface area (TPSA) is 93.4 Å². The molecule has 1 N–H and O–H groups in total. The van der Waals surface area contributed by atoms with Crippen molar-refractivity contribution >= 4 is 33.2 Å². The SMILES string of the molecule is Cc1c(NS(=O)(=O)c2cc(C(=O)N3CCCC(C)C3)ccc2Cl)c(=O)n(-c2ccccc2)n1C. The Morgan fingerprint density at radius 1 is 1.15 bits per heavy atom. The van der Waals surface area contributed by atoms with E-state index in [1.807, 2.05) is 6.07 Å². The lowest BCUT2D eigenvalue weighted by atomic mass is 9.99. The number of piperidine rings is 1. The van der Waals surface area contributed by atoms with Crippen molar-refractivity contribution in [2.45, 2.75) is 31.6 Å². The Balaban J connectivity index is 1.69. The molecule has 1 aliphatic heterocycles. The van der Waals surface area contributed by atoms with Gasteiger partial charge in [-0.1, -0.05) is 36.7 Å². The first-order valence-electron chi connectivity index (χ1n) is 11.1. The van der Waals surface area contributed by atoms with Crippen molar-refractivity contribution in [3.63, 3.8) is 0 Å². The Labute approximate surface area is 203 Å². The van der Waals surface area contributed by atoms with Gasteiger partial charge in [-0.05, 0) is 56.0 Å². The van der Waals surface area contributed by atoms with E-state index in [0.29, 0.717) is 30.4 Å². The molecule has 2 heterocycles. The van der Waals surface area contributed by atoms with Crippen molar-refractivity contribution < 1.29 is 13.2 Å². The lowest BCUT2D eigenvalue weighted by Gasteiger charge is -2.31. The molecule has 1 amide bonds. The van der Waals surface area contributed by atoms with Gasteiger partial charge >= 0.3 is 0 Å². The van der Waals surface area contributed by atoms with E-state index in [2.05, 4.69) is 11.6 Å². The number of likely N-dealkylation sites (tertiary alicyclic amines) is 1. The second-order valence-corrected chi connectivity index (χ2v) is 10.7. The van der Waals surface area contributed by atoms with Crippen molar-refractivity contribution in [2.75, 3.05) is 17.8 Å². The number of rotatable bonds is 5. The van der Waals surface area contributed by atoms with Crippen LogP contribution in [0.3, 0.4) is 0 Å². The number of nitrogens with zero attached hydrogens (tertiary/aromatic N) is 3. The number of para-hydroxylation sites is 1. The van der Waals surface area contributed by atoms with Crippen molar-refractivity contribution in [3.8, 4) is 5.69 Å². The second kappa shape index (κ2) is 9.31. The molecule has 8 nitrogen and oxygen atoms in total. The van der Waals surface area contributed by atoms with Crippen molar-refractivity contribution in [1.82, 2.24) is 14.3 Å². The summed E-state index contributed by atoms with van der Waals surface area (Å²) in [5, 5.41) is -0.0342. The molecule has 1 aliphatic rings. The van der Waals surface area contributed by atoms with E-state index in [0.717, 1.165) is 12.8 Å². The molecule has 1 unspecified atom stereocenters. The maximum absolute atomic E-state index is 13.3. The van der Waals surface area contributed by atoms with Crippen molar-refractivity contribution in [3.05, 3.63) is 75.2 Å². The average molecular weight is 503 g/mol. The first-order chi connectivity index (χ1) is 16.1. The fraction of sp³-hybridized carbons (Fsp3) is 0.333. The highest BCUT2D eigenvalue weighted by molar-refractivity contribution is 7.92. The molecule has 1 saturated heterocycles. The molecule has 180 valence electrons. The maximum Gasteiger partial charge on any atom is 0.296 e. The maximum atomic E-state index is 13.3. The Kier molecular flexibility index (Phi) is 6.60. The molecule has 0 aliphatic carbocycles. The molecule has 0 bridgehead atoms. The summed E-state index contributed by atoms with van der Waals surface area (Å²) in [6.45, 7) is 5.00. The van der Waals surface area contributed by atoms with E-state index in [9.17, 15) is 18.0 Å². The number of amides is 1. The summed E-state index contributed by atoms with van der Waals surface area (Å²) in [7, 11) is -2.58. The number of hydrogen-bond donors (Lipinski definition) is 1. The number of aromatic nitrogens is 2. The number of sulfonamides is 1. The predicted octanol–water partition coefficient (Wildman–Crippen LogP) is 3.81. The largest absolute Gasteiger partial charge is 0.338 e. The van der Waals surface area contributed by atoms with Gasteiger partial charge in [0.25, 0.3) is 21.5 Å². The third kappa shape index (κ3) is 4.50. The zero-order valence-corrected chi connectivity index (χ0v) is 20.9. The van der Waals surface area contributed by atoms with E-state index < -0.39 is 15.6 Å². The first kappa shape index (κ1) is 24.1. The summed E-state index contributed by atoms with van der Waals surface area (Å²) in [5.41, 5.74) is 0.683. The molecule has 0 radical (unpaired) electrons. The zero-order valence-electron chi connectivity index (χ0n) is 19.3. The molecule has 2 aromatic carbocycles. The molecule has 0 spiro atoms. The van der Waals surface area contributed by atoms with Crippen LogP contribution in [0.5, 0.6) is 0 Å². The Morgan fingerprint density at radius 2 is 1.85 bits per heavy atom. The molecule has 0 saturated carbocycles. The van der Waals surface area contributed by atoms with Gasteiger partial charge in [-0.15, -0.1) is 0 Å². The van der Waals surface area contributed by atoms with Gasteiger partial charge in [0.05, 0.1) is 16.4 Å². The standard InChI is InChI=1S/C24H27ClN4O4S/c1-16-8-7-13-28(15-16)23(30)18-11-12-20(25)21(14-18)34(32,33)26-22-17(2)27(3)29(24(22)31)19-9-5-4-6-10-19/h4-6,9-12,14,16,26H,7-8,13,15H2,1-3H3.